The molecule has 0 spiro atoms. The number of hydrogen-bond acceptors (Lipinski definition) is 4. The summed E-state index contributed by atoms with van der Waals surface area (Å²) in [4.78, 5) is 36.1. The van der Waals surface area contributed by atoms with Gasteiger partial charge >= 0.3 is 5.97 Å². The molecule has 7 heteroatoms. The van der Waals surface area contributed by atoms with Gasteiger partial charge in [0.2, 0.25) is 0 Å². The molecule has 29 heavy (non-hydrogen) atoms. The van der Waals surface area contributed by atoms with Crippen molar-refractivity contribution in [3.05, 3.63) is 89.7 Å². The maximum absolute atomic E-state index is 13.8. The van der Waals surface area contributed by atoms with Crippen LogP contribution in [0.5, 0.6) is 5.75 Å². The normalized spacial score (nSPS) is 10.1. The predicted octanol–water partition coefficient (Wildman–Crippen LogP) is 4.26. The minimum Gasteiger partial charge on any atom is -0.427 e. The van der Waals surface area contributed by atoms with Crippen LogP contribution in [-0.2, 0) is 4.79 Å². The molecule has 0 heterocycles. The molecule has 0 unspecified atom stereocenters. The number of hydrogen-bond donors (Lipinski definition) is 2. The molecule has 0 aliphatic rings. The largest absolute Gasteiger partial charge is 0.427 e. The van der Waals surface area contributed by atoms with Crippen molar-refractivity contribution in [3.63, 3.8) is 0 Å². The number of halogens is 1. The molecule has 0 saturated heterocycles. The van der Waals surface area contributed by atoms with Gasteiger partial charge in [0.15, 0.2) is 0 Å². The molecule has 0 saturated carbocycles. The molecule has 0 aliphatic carbocycles. The second-order valence-corrected chi connectivity index (χ2v) is 6.06. The van der Waals surface area contributed by atoms with E-state index in [1.165, 1.54) is 31.2 Å². The molecule has 2 N–H and O–H groups in total. The highest BCUT2D eigenvalue weighted by atomic mass is 19.1. The van der Waals surface area contributed by atoms with E-state index in [-0.39, 0.29) is 16.9 Å². The Morgan fingerprint density at radius 2 is 1.41 bits per heavy atom. The molecule has 0 aromatic heterocycles. The third-order valence-electron chi connectivity index (χ3n) is 3.90. The highest BCUT2D eigenvalue weighted by Crippen LogP contribution is 2.23. The number of rotatable bonds is 5. The fourth-order valence-corrected chi connectivity index (χ4v) is 2.60. The summed E-state index contributed by atoms with van der Waals surface area (Å²) >= 11 is 0. The average molecular weight is 392 g/mol. The monoisotopic (exact) mass is 392 g/mol. The van der Waals surface area contributed by atoms with E-state index >= 15 is 0 Å². The summed E-state index contributed by atoms with van der Waals surface area (Å²) in [6.07, 6.45) is 0. The standard InChI is InChI=1S/C22H17FN2O4/c1-14(26)29-16-8-6-7-15(13-16)21(27)24-19-11-4-5-12-20(19)25-22(28)17-9-2-3-10-18(17)23/h2-13H,1H3,(H,24,27)(H,25,28). The molecule has 2 amide bonds. The van der Waals surface area contributed by atoms with Crippen molar-refractivity contribution in [2.24, 2.45) is 0 Å². The molecule has 0 bridgehead atoms. The van der Waals surface area contributed by atoms with Gasteiger partial charge < -0.3 is 15.4 Å². The number of carbonyl (C=O) groups is 3. The topological polar surface area (TPSA) is 84.5 Å². The summed E-state index contributed by atoms with van der Waals surface area (Å²) in [5, 5.41) is 5.29. The van der Waals surface area contributed by atoms with Gasteiger partial charge in [-0.15, -0.1) is 0 Å². The Labute approximate surface area is 166 Å². The lowest BCUT2D eigenvalue weighted by Crippen LogP contribution is -2.17. The number of ether oxygens (including phenoxy) is 1. The number of benzene rings is 3. The molecular formula is C22H17FN2O4. The first-order valence-corrected chi connectivity index (χ1v) is 8.69. The fraction of sp³-hybridized carbons (Fsp3) is 0.0455. The zero-order valence-electron chi connectivity index (χ0n) is 15.4. The molecule has 0 fully saturated rings. The Bertz CT molecular complexity index is 1080. The Kier molecular flexibility index (Phi) is 5.99. The Morgan fingerprint density at radius 3 is 2.07 bits per heavy atom. The van der Waals surface area contributed by atoms with Gasteiger partial charge in [-0.05, 0) is 42.5 Å². The van der Waals surface area contributed by atoms with Gasteiger partial charge in [0, 0.05) is 12.5 Å². The molecule has 0 atom stereocenters. The van der Waals surface area contributed by atoms with Crippen LogP contribution in [0.2, 0.25) is 0 Å². The van der Waals surface area contributed by atoms with Gasteiger partial charge in [0.1, 0.15) is 11.6 Å². The van der Waals surface area contributed by atoms with Crippen molar-refractivity contribution in [1.29, 1.82) is 0 Å². The summed E-state index contributed by atoms with van der Waals surface area (Å²) in [6.45, 7) is 1.27. The highest BCUT2D eigenvalue weighted by molar-refractivity contribution is 6.10. The van der Waals surface area contributed by atoms with Crippen molar-refractivity contribution in [1.82, 2.24) is 0 Å². The van der Waals surface area contributed by atoms with E-state index in [2.05, 4.69) is 10.6 Å². The molecule has 146 valence electrons. The lowest BCUT2D eigenvalue weighted by molar-refractivity contribution is -0.131. The van der Waals surface area contributed by atoms with Crippen LogP contribution in [0.25, 0.3) is 0 Å². The second-order valence-electron chi connectivity index (χ2n) is 6.06. The van der Waals surface area contributed by atoms with Crippen LogP contribution in [0.4, 0.5) is 15.8 Å². The molecule has 0 radical (unpaired) electrons. The third-order valence-corrected chi connectivity index (χ3v) is 3.90. The van der Waals surface area contributed by atoms with E-state index in [9.17, 15) is 18.8 Å². The van der Waals surface area contributed by atoms with E-state index in [4.69, 9.17) is 4.74 Å². The number of para-hydroxylation sites is 2. The van der Waals surface area contributed by atoms with Crippen molar-refractivity contribution in [2.75, 3.05) is 10.6 Å². The predicted molar refractivity (Wildman–Crippen MR) is 106 cm³/mol. The van der Waals surface area contributed by atoms with Gasteiger partial charge in [-0.3, -0.25) is 14.4 Å². The summed E-state index contributed by atoms with van der Waals surface area (Å²) in [5.74, 6) is -2.00. The molecule has 3 aromatic carbocycles. The van der Waals surface area contributed by atoms with Crippen molar-refractivity contribution >= 4 is 29.2 Å². The maximum Gasteiger partial charge on any atom is 0.308 e. The van der Waals surface area contributed by atoms with Crippen molar-refractivity contribution < 1.29 is 23.5 Å². The highest BCUT2D eigenvalue weighted by Gasteiger charge is 2.15. The summed E-state index contributed by atoms with van der Waals surface area (Å²) in [7, 11) is 0. The van der Waals surface area contributed by atoms with E-state index in [0.717, 1.165) is 0 Å². The SMILES string of the molecule is CC(=O)Oc1cccc(C(=O)Nc2ccccc2NC(=O)c2ccccc2F)c1. The van der Waals surface area contributed by atoms with E-state index in [1.807, 2.05) is 0 Å². The first-order valence-electron chi connectivity index (χ1n) is 8.69. The van der Waals surface area contributed by atoms with Gasteiger partial charge in [0.05, 0.1) is 16.9 Å². The smallest absolute Gasteiger partial charge is 0.308 e. The number of carbonyl (C=O) groups excluding carboxylic acids is 3. The van der Waals surface area contributed by atoms with Crippen molar-refractivity contribution in [2.45, 2.75) is 6.92 Å². The summed E-state index contributed by atoms with van der Waals surface area (Å²) in [6, 6.07) is 18.3. The van der Waals surface area contributed by atoms with Crippen LogP contribution in [0, 0.1) is 5.82 Å². The lowest BCUT2D eigenvalue weighted by atomic mass is 10.1. The van der Waals surface area contributed by atoms with Crippen LogP contribution in [0.3, 0.4) is 0 Å². The molecule has 3 aromatic rings. The van der Waals surface area contributed by atoms with Gasteiger partial charge in [-0.2, -0.15) is 0 Å². The first-order chi connectivity index (χ1) is 13.9. The Morgan fingerprint density at radius 1 is 0.793 bits per heavy atom. The Balaban J connectivity index is 1.79. The van der Waals surface area contributed by atoms with Crippen LogP contribution >= 0.6 is 0 Å². The molecule has 3 rings (SSSR count). The van der Waals surface area contributed by atoms with Crippen LogP contribution in [0.15, 0.2) is 72.8 Å². The zero-order chi connectivity index (χ0) is 20.8. The minimum absolute atomic E-state index is 0.109. The van der Waals surface area contributed by atoms with Gasteiger partial charge in [-0.25, -0.2) is 4.39 Å². The molecular weight excluding hydrogens is 375 g/mol. The molecule has 0 aliphatic heterocycles. The average Bonchev–Trinajstić information content (AvgIpc) is 2.69. The minimum atomic E-state index is -0.645. The number of nitrogens with one attached hydrogen (secondary N) is 2. The first kappa shape index (κ1) is 19.8. The van der Waals surface area contributed by atoms with Crippen LogP contribution in [-0.4, -0.2) is 17.8 Å². The zero-order valence-corrected chi connectivity index (χ0v) is 15.4. The summed E-state index contributed by atoms with van der Waals surface area (Å²) in [5.41, 5.74) is 0.798. The van der Waals surface area contributed by atoms with Gasteiger partial charge in [0.25, 0.3) is 11.8 Å². The maximum atomic E-state index is 13.8. The number of esters is 1. The fourth-order valence-electron chi connectivity index (χ4n) is 2.60. The van der Waals surface area contributed by atoms with Crippen molar-refractivity contribution in [3.8, 4) is 5.75 Å². The lowest BCUT2D eigenvalue weighted by Gasteiger charge is -2.13. The molecule has 6 nitrogen and oxygen atoms in total. The van der Waals surface area contributed by atoms with Crippen LogP contribution < -0.4 is 15.4 Å². The number of amides is 2. The van der Waals surface area contributed by atoms with Gasteiger partial charge in [-0.1, -0.05) is 30.3 Å². The third kappa shape index (κ3) is 5.04. The number of anilines is 2. The van der Waals surface area contributed by atoms with Crippen LogP contribution in [0.1, 0.15) is 27.6 Å². The second kappa shape index (κ2) is 8.79. The van der Waals surface area contributed by atoms with E-state index < -0.39 is 23.6 Å². The Hall–Kier alpha value is -4.00. The quantitative estimate of drug-likeness (QED) is 0.502. The van der Waals surface area contributed by atoms with E-state index in [0.29, 0.717) is 11.4 Å². The summed E-state index contributed by atoms with van der Waals surface area (Å²) < 4.78 is 18.8. The van der Waals surface area contributed by atoms with E-state index in [1.54, 1.807) is 48.5 Å².